The number of amides is 3. The van der Waals surface area contributed by atoms with Gasteiger partial charge in [-0.2, -0.15) is 0 Å². The summed E-state index contributed by atoms with van der Waals surface area (Å²) in [5.74, 6) is -0.164. The monoisotopic (exact) mass is 448 g/mol. The molecule has 31 heavy (non-hydrogen) atoms. The number of hydrogen-bond acceptors (Lipinski definition) is 8. The van der Waals surface area contributed by atoms with Gasteiger partial charge in [0.05, 0.1) is 5.51 Å². The number of halogens is 2. The third-order valence-corrected chi connectivity index (χ3v) is 4.79. The quantitative estimate of drug-likeness (QED) is 0.454. The van der Waals surface area contributed by atoms with Gasteiger partial charge in [-0.05, 0) is 29.8 Å². The number of urea groups is 1. The number of hydrogen-bond donors (Lipinski definition) is 4. The van der Waals surface area contributed by atoms with E-state index in [1.54, 1.807) is 12.1 Å². The topological polar surface area (TPSA) is 140 Å². The molecule has 160 valence electrons. The Kier molecular flexibility index (Phi) is 5.25. The van der Waals surface area contributed by atoms with Gasteiger partial charge in [0, 0.05) is 24.5 Å². The van der Waals surface area contributed by atoms with Gasteiger partial charge in [-0.1, -0.05) is 0 Å². The predicted octanol–water partition coefficient (Wildman–Crippen LogP) is 3.21. The largest absolute Gasteiger partial charge is 0.586 e. The Morgan fingerprint density at radius 1 is 1.10 bits per heavy atom. The molecule has 0 saturated heterocycles. The van der Waals surface area contributed by atoms with Crippen molar-refractivity contribution in [1.82, 2.24) is 9.97 Å². The van der Waals surface area contributed by atoms with E-state index in [4.69, 9.17) is 5.73 Å². The highest BCUT2D eigenvalue weighted by atomic mass is 32.1. The number of nitrogens with zero attached hydrogens (tertiary/aromatic N) is 2. The van der Waals surface area contributed by atoms with Gasteiger partial charge in [0.2, 0.25) is 0 Å². The molecule has 2 aromatic heterocycles. The number of rotatable bonds is 6. The fourth-order valence-corrected chi connectivity index (χ4v) is 3.37. The minimum absolute atomic E-state index is 0.120. The van der Waals surface area contributed by atoms with Gasteiger partial charge in [-0.15, -0.1) is 20.1 Å². The molecular weight excluding hydrogens is 434 g/mol. The van der Waals surface area contributed by atoms with Crippen LogP contribution in [-0.4, -0.2) is 28.2 Å². The molecule has 13 heteroatoms. The van der Waals surface area contributed by atoms with Crippen molar-refractivity contribution < 1.29 is 27.8 Å². The van der Waals surface area contributed by atoms with Crippen LogP contribution in [0.3, 0.4) is 0 Å². The first-order valence-corrected chi connectivity index (χ1v) is 9.57. The normalized spacial score (nSPS) is 13.5. The Labute approximate surface area is 177 Å². The van der Waals surface area contributed by atoms with E-state index in [0.29, 0.717) is 12.4 Å². The van der Waals surface area contributed by atoms with Gasteiger partial charge in [-0.25, -0.2) is 14.8 Å². The van der Waals surface area contributed by atoms with E-state index in [1.807, 2.05) is 0 Å². The average Bonchev–Trinajstić information content (AvgIpc) is 3.28. The number of primary amides is 1. The van der Waals surface area contributed by atoms with Gasteiger partial charge in [-0.3, -0.25) is 10.1 Å². The zero-order valence-corrected chi connectivity index (χ0v) is 16.3. The maximum atomic E-state index is 13.1. The number of nitrogens with two attached hydrogens (primary N) is 1. The molecule has 0 atom stereocenters. The second kappa shape index (κ2) is 8.02. The Bertz CT molecular complexity index is 1160. The summed E-state index contributed by atoms with van der Waals surface area (Å²) in [6.07, 6.45) is -2.24. The number of pyridine rings is 1. The fraction of sp³-hybridized carbons (Fsp3) is 0.111. The lowest BCUT2D eigenvalue weighted by molar-refractivity contribution is -0.286. The van der Waals surface area contributed by atoms with Gasteiger partial charge in [0.25, 0.3) is 5.91 Å². The van der Waals surface area contributed by atoms with Gasteiger partial charge < -0.3 is 25.8 Å². The number of benzene rings is 1. The molecule has 0 fully saturated rings. The Hall–Kier alpha value is -4.00. The highest BCUT2D eigenvalue weighted by molar-refractivity contribution is 7.12. The molecule has 0 bridgehead atoms. The number of alkyl halides is 2. The standard InChI is InChI=1S/C18H14F2N6O4S/c19-18(20)29-11-2-1-10(6-12(11)30-18)25-16(27)14-15(24-8-31-14)23-7-9-3-4-22-13(5-9)26-17(21)28/h1-6,8,23H,7H2,(H,25,27)(H3,21,22,26,28). The smallest absolute Gasteiger partial charge is 0.395 e. The van der Waals surface area contributed by atoms with Crippen LogP contribution in [0.2, 0.25) is 0 Å². The molecule has 0 radical (unpaired) electrons. The maximum absolute atomic E-state index is 13.1. The van der Waals surface area contributed by atoms with E-state index in [0.717, 1.165) is 16.9 Å². The van der Waals surface area contributed by atoms with E-state index in [9.17, 15) is 18.4 Å². The summed E-state index contributed by atoms with van der Waals surface area (Å²) in [6, 6.07) is 6.54. The SMILES string of the molecule is NC(=O)Nc1cc(CNc2ncsc2C(=O)Nc2ccc3c(c2)OC(F)(F)O3)ccn1. The van der Waals surface area contributed by atoms with Gasteiger partial charge >= 0.3 is 12.3 Å². The van der Waals surface area contributed by atoms with Crippen LogP contribution in [0, 0.1) is 0 Å². The summed E-state index contributed by atoms with van der Waals surface area (Å²) in [5.41, 5.74) is 7.57. The predicted molar refractivity (Wildman–Crippen MR) is 107 cm³/mol. The van der Waals surface area contributed by atoms with Crippen LogP contribution in [0.4, 0.5) is 30.9 Å². The first-order valence-electron chi connectivity index (χ1n) is 8.69. The third kappa shape index (κ3) is 4.78. The van der Waals surface area contributed by atoms with Crippen LogP contribution in [0.15, 0.2) is 42.0 Å². The number of carbonyl (C=O) groups excluding carboxylic acids is 2. The first kappa shape index (κ1) is 20.3. The lowest BCUT2D eigenvalue weighted by Gasteiger charge is -2.09. The molecule has 0 saturated carbocycles. The van der Waals surface area contributed by atoms with E-state index in [2.05, 4.69) is 35.4 Å². The second-order valence-corrected chi connectivity index (χ2v) is 7.06. The molecule has 0 unspecified atom stereocenters. The van der Waals surface area contributed by atoms with Crippen LogP contribution in [0.25, 0.3) is 0 Å². The van der Waals surface area contributed by atoms with Crippen molar-refractivity contribution in [3.63, 3.8) is 0 Å². The van der Waals surface area contributed by atoms with Crippen molar-refractivity contribution in [2.45, 2.75) is 12.8 Å². The molecule has 10 nitrogen and oxygen atoms in total. The summed E-state index contributed by atoms with van der Waals surface area (Å²) >= 11 is 1.10. The van der Waals surface area contributed by atoms with Crippen molar-refractivity contribution in [1.29, 1.82) is 0 Å². The molecule has 3 aromatic rings. The van der Waals surface area contributed by atoms with Crippen molar-refractivity contribution >= 4 is 40.6 Å². The van der Waals surface area contributed by atoms with Crippen LogP contribution in [0.1, 0.15) is 15.2 Å². The van der Waals surface area contributed by atoms with Crippen LogP contribution in [0.5, 0.6) is 11.5 Å². The number of carbonyl (C=O) groups is 2. The lowest BCUT2D eigenvalue weighted by Crippen LogP contribution is -2.25. The molecule has 0 aliphatic carbocycles. The zero-order valence-electron chi connectivity index (χ0n) is 15.5. The fourth-order valence-electron chi connectivity index (χ4n) is 2.71. The van der Waals surface area contributed by atoms with E-state index >= 15 is 0 Å². The van der Waals surface area contributed by atoms with E-state index < -0.39 is 18.2 Å². The Balaban J connectivity index is 1.42. The highest BCUT2D eigenvalue weighted by Crippen LogP contribution is 2.42. The number of anilines is 3. The number of aromatic nitrogens is 2. The molecule has 4 rings (SSSR count). The first-order chi connectivity index (χ1) is 14.8. The molecule has 1 aliphatic rings. The van der Waals surface area contributed by atoms with Crippen molar-refractivity contribution in [2.75, 3.05) is 16.0 Å². The van der Waals surface area contributed by atoms with E-state index in [1.165, 1.54) is 29.9 Å². The second-order valence-electron chi connectivity index (χ2n) is 6.21. The van der Waals surface area contributed by atoms with Crippen molar-refractivity contribution in [3.8, 4) is 11.5 Å². The van der Waals surface area contributed by atoms with Crippen LogP contribution < -0.4 is 31.2 Å². The molecule has 1 aliphatic heterocycles. The minimum Gasteiger partial charge on any atom is -0.395 e. The van der Waals surface area contributed by atoms with Crippen molar-refractivity contribution in [3.05, 3.63) is 52.5 Å². The summed E-state index contributed by atoms with van der Waals surface area (Å²) in [5, 5.41) is 8.02. The lowest BCUT2D eigenvalue weighted by atomic mass is 10.2. The molecule has 5 N–H and O–H groups in total. The maximum Gasteiger partial charge on any atom is 0.586 e. The Morgan fingerprint density at radius 2 is 1.90 bits per heavy atom. The van der Waals surface area contributed by atoms with E-state index in [-0.39, 0.29) is 27.9 Å². The summed E-state index contributed by atoms with van der Waals surface area (Å²) in [7, 11) is 0. The Morgan fingerprint density at radius 3 is 2.71 bits per heavy atom. The molecule has 0 spiro atoms. The third-order valence-electron chi connectivity index (χ3n) is 3.97. The number of nitrogens with one attached hydrogen (secondary N) is 3. The average molecular weight is 448 g/mol. The number of ether oxygens (including phenoxy) is 2. The number of thiazole rings is 1. The molecule has 1 aromatic carbocycles. The van der Waals surface area contributed by atoms with Gasteiger partial charge in [0.1, 0.15) is 16.5 Å². The van der Waals surface area contributed by atoms with Crippen molar-refractivity contribution in [2.24, 2.45) is 5.73 Å². The summed E-state index contributed by atoms with van der Waals surface area (Å²) in [6.45, 7) is 0.291. The number of fused-ring (bicyclic) bond motifs is 1. The zero-order chi connectivity index (χ0) is 22.0. The van der Waals surface area contributed by atoms with Gasteiger partial charge in [0.15, 0.2) is 11.5 Å². The summed E-state index contributed by atoms with van der Waals surface area (Å²) < 4.78 is 35.0. The minimum atomic E-state index is -3.74. The summed E-state index contributed by atoms with van der Waals surface area (Å²) in [4.78, 5) is 32.0. The highest BCUT2D eigenvalue weighted by Gasteiger charge is 2.43. The van der Waals surface area contributed by atoms with Crippen LogP contribution in [-0.2, 0) is 6.54 Å². The molecular formula is C18H14F2N6O4S. The molecule has 3 amide bonds. The van der Waals surface area contributed by atoms with Crippen LogP contribution >= 0.6 is 11.3 Å². The molecule has 3 heterocycles.